The lowest BCUT2D eigenvalue weighted by molar-refractivity contribution is -0.115. The van der Waals surface area contributed by atoms with Crippen molar-refractivity contribution in [1.82, 2.24) is 14.8 Å². The van der Waals surface area contributed by atoms with E-state index in [1.807, 2.05) is 0 Å². The highest BCUT2D eigenvalue weighted by molar-refractivity contribution is 7.14. The van der Waals surface area contributed by atoms with Crippen LogP contribution in [0.5, 0.6) is 0 Å². The maximum Gasteiger partial charge on any atom is 0.230 e. The second kappa shape index (κ2) is 7.58. The number of aromatic nitrogens is 3. The molecular formula is C18H14F2N4O2S. The molecule has 0 bridgehead atoms. The van der Waals surface area contributed by atoms with Crippen molar-refractivity contribution >= 4 is 39.9 Å². The van der Waals surface area contributed by atoms with Crippen molar-refractivity contribution in [2.24, 2.45) is 7.05 Å². The molecule has 0 saturated carbocycles. The molecule has 3 rings (SSSR count). The van der Waals surface area contributed by atoms with Gasteiger partial charge in [0.15, 0.2) is 10.9 Å². The van der Waals surface area contributed by atoms with Crippen LogP contribution in [0.4, 0.5) is 19.6 Å². The molecule has 138 valence electrons. The Morgan fingerprint density at radius 3 is 2.70 bits per heavy atom. The maximum absolute atomic E-state index is 14.1. The number of amides is 1. The number of carbonyl (C=O) groups is 2. The molecule has 0 saturated heterocycles. The van der Waals surface area contributed by atoms with E-state index in [4.69, 9.17) is 0 Å². The molecule has 0 aliphatic carbocycles. The Balaban J connectivity index is 1.85. The summed E-state index contributed by atoms with van der Waals surface area (Å²) in [7, 11) is 1.71. The molecule has 0 aliphatic rings. The fourth-order valence-corrected chi connectivity index (χ4v) is 3.18. The summed E-state index contributed by atoms with van der Waals surface area (Å²) in [5.41, 5.74) is 0.768. The van der Waals surface area contributed by atoms with Crippen molar-refractivity contribution in [3.05, 3.63) is 64.9 Å². The van der Waals surface area contributed by atoms with Gasteiger partial charge in [-0.15, -0.1) is 11.3 Å². The van der Waals surface area contributed by atoms with Gasteiger partial charge in [-0.1, -0.05) is 0 Å². The second-order valence-corrected chi connectivity index (χ2v) is 6.44. The van der Waals surface area contributed by atoms with Crippen LogP contribution in [-0.4, -0.2) is 26.5 Å². The van der Waals surface area contributed by atoms with Gasteiger partial charge in [-0.05, 0) is 24.3 Å². The van der Waals surface area contributed by atoms with E-state index in [0.717, 1.165) is 22.3 Å². The van der Waals surface area contributed by atoms with Crippen LogP contribution in [0.3, 0.4) is 0 Å². The molecule has 1 aromatic carbocycles. The molecule has 2 heterocycles. The first-order valence-corrected chi connectivity index (χ1v) is 8.65. The highest BCUT2D eigenvalue weighted by Crippen LogP contribution is 2.31. The number of anilines is 2. The normalized spacial score (nSPS) is 11.1. The summed E-state index contributed by atoms with van der Waals surface area (Å²) in [4.78, 5) is 29.4. The van der Waals surface area contributed by atoms with E-state index in [9.17, 15) is 18.4 Å². The van der Waals surface area contributed by atoms with Crippen molar-refractivity contribution in [3.8, 4) is 0 Å². The zero-order valence-electron chi connectivity index (χ0n) is 14.4. The molecule has 2 aromatic heterocycles. The molecule has 0 radical (unpaired) electrons. The number of rotatable bonds is 5. The number of nitrogens with zero attached hydrogens (tertiary/aromatic N) is 4. The maximum atomic E-state index is 14.1. The van der Waals surface area contributed by atoms with Crippen molar-refractivity contribution in [2.45, 2.75) is 6.92 Å². The molecule has 0 spiro atoms. The average molecular weight is 388 g/mol. The van der Waals surface area contributed by atoms with Crippen LogP contribution in [0.2, 0.25) is 0 Å². The van der Waals surface area contributed by atoms with Crippen LogP contribution >= 0.6 is 11.3 Å². The number of hydrogen-bond donors (Lipinski definition) is 0. The predicted molar refractivity (Wildman–Crippen MR) is 97.9 cm³/mol. The van der Waals surface area contributed by atoms with E-state index in [1.165, 1.54) is 36.0 Å². The molecule has 6 nitrogen and oxygen atoms in total. The molecule has 1 amide bonds. The number of hydrogen-bond acceptors (Lipinski definition) is 5. The average Bonchev–Trinajstić information content (AvgIpc) is 3.24. The van der Waals surface area contributed by atoms with Gasteiger partial charge in [0.05, 0.1) is 23.1 Å². The summed E-state index contributed by atoms with van der Waals surface area (Å²) in [6.45, 7) is 1.26. The number of halogens is 2. The van der Waals surface area contributed by atoms with Crippen LogP contribution < -0.4 is 4.90 Å². The fraction of sp³-hybridized carbons (Fsp3) is 0.111. The van der Waals surface area contributed by atoms with Crippen molar-refractivity contribution in [3.63, 3.8) is 0 Å². The second-order valence-electron chi connectivity index (χ2n) is 5.61. The summed E-state index contributed by atoms with van der Waals surface area (Å²) >= 11 is 1.10. The van der Waals surface area contributed by atoms with Gasteiger partial charge in [0, 0.05) is 31.6 Å². The number of ketones is 1. The Labute approximate surface area is 157 Å². The van der Waals surface area contributed by atoms with Gasteiger partial charge < -0.3 is 0 Å². The van der Waals surface area contributed by atoms with Gasteiger partial charge in [0.25, 0.3) is 0 Å². The molecule has 0 aliphatic heterocycles. The molecule has 0 atom stereocenters. The van der Waals surface area contributed by atoms with Crippen LogP contribution in [0.15, 0.2) is 42.0 Å². The van der Waals surface area contributed by atoms with Gasteiger partial charge in [0.2, 0.25) is 5.91 Å². The first kappa shape index (κ1) is 18.6. The number of benzene rings is 1. The SMILES string of the molecule is CC(=O)N(c1nc(/C=C/C(=O)c2cnn(C)c2)cs1)c1ccc(F)cc1F. The minimum Gasteiger partial charge on any atom is -0.289 e. The van der Waals surface area contributed by atoms with Gasteiger partial charge in [-0.25, -0.2) is 13.8 Å². The third-order valence-corrected chi connectivity index (χ3v) is 4.41. The number of thiazole rings is 1. The monoisotopic (exact) mass is 388 g/mol. The molecular weight excluding hydrogens is 374 g/mol. The van der Waals surface area contributed by atoms with Crippen LogP contribution in [0.25, 0.3) is 6.08 Å². The Hall–Kier alpha value is -3.20. The first-order valence-electron chi connectivity index (χ1n) is 7.77. The fourth-order valence-electron chi connectivity index (χ4n) is 2.33. The summed E-state index contributed by atoms with van der Waals surface area (Å²) < 4.78 is 28.7. The number of allylic oxidation sites excluding steroid dienone is 1. The largest absolute Gasteiger partial charge is 0.289 e. The molecule has 27 heavy (non-hydrogen) atoms. The van der Waals surface area contributed by atoms with Gasteiger partial charge in [-0.2, -0.15) is 5.10 Å². The summed E-state index contributed by atoms with van der Waals surface area (Å²) in [6.07, 6.45) is 5.88. The molecule has 9 heteroatoms. The third-order valence-electron chi connectivity index (χ3n) is 3.56. The zero-order valence-corrected chi connectivity index (χ0v) is 15.2. The topological polar surface area (TPSA) is 68.1 Å². The van der Waals surface area contributed by atoms with Crippen molar-refractivity contribution < 1.29 is 18.4 Å². The summed E-state index contributed by atoms with van der Waals surface area (Å²) in [5, 5.41) is 5.76. The Kier molecular flexibility index (Phi) is 5.22. The van der Waals surface area contributed by atoms with Gasteiger partial charge in [0.1, 0.15) is 11.6 Å². The van der Waals surface area contributed by atoms with Gasteiger partial charge >= 0.3 is 0 Å². The number of carbonyl (C=O) groups excluding carboxylic acids is 2. The van der Waals surface area contributed by atoms with Crippen LogP contribution in [-0.2, 0) is 11.8 Å². The minimum atomic E-state index is -0.871. The standard InChI is InChI=1S/C18H14F2N4O2S/c1-11(25)24(16-5-3-13(19)7-15(16)20)18-22-14(10-27-18)4-6-17(26)12-8-21-23(2)9-12/h3-10H,1-2H3/b6-4+. The van der Waals surface area contributed by atoms with Gasteiger partial charge in [-0.3, -0.25) is 19.2 Å². The Morgan fingerprint density at radius 1 is 1.30 bits per heavy atom. The third kappa shape index (κ3) is 4.14. The quantitative estimate of drug-likeness (QED) is 0.493. The Morgan fingerprint density at radius 2 is 2.07 bits per heavy atom. The lowest BCUT2D eigenvalue weighted by Crippen LogP contribution is -2.23. The van der Waals surface area contributed by atoms with E-state index < -0.39 is 17.5 Å². The highest BCUT2D eigenvalue weighted by Gasteiger charge is 2.21. The van der Waals surface area contributed by atoms with E-state index in [2.05, 4.69) is 10.1 Å². The van der Waals surface area contributed by atoms with Crippen LogP contribution in [0, 0.1) is 11.6 Å². The van der Waals surface area contributed by atoms with Crippen LogP contribution in [0.1, 0.15) is 23.0 Å². The van der Waals surface area contributed by atoms with E-state index in [1.54, 1.807) is 18.6 Å². The van der Waals surface area contributed by atoms with E-state index in [0.29, 0.717) is 17.3 Å². The molecule has 0 unspecified atom stereocenters. The first-order chi connectivity index (χ1) is 12.8. The minimum absolute atomic E-state index is 0.0970. The lowest BCUT2D eigenvalue weighted by atomic mass is 10.2. The van der Waals surface area contributed by atoms with E-state index in [-0.39, 0.29) is 16.6 Å². The number of aryl methyl sites for hydroxylation is 1. The smallest absolute Gasteiger partial charge is 0.230 e. The highest BCUT2D eigenvalue weighted by atomic mass is 32.1. The molecule has 0 N–H and O–H groups in total. The van der Waals surface area contributed by atoms with E-state index >= 15 is 0 Å². The summed E-state index contributed by atoms with van der Waals surface area (Å²) in [5.74, 6) is -2.33. The zero-order chi connectivity index (χ0) is 19.6. The summed E-state index contributed by atoms with van der Waals surface area (Å²) in [6, 6.07) is 2.94. The predicted octanol–water partition coefficient (Wildman–Crippen LogP) is 3.74. The molecule has 0 fully saturated rings. The van der Waals surface area contributed by atoms with Crippen molar-refractivity contribution in [2.75, 3.05) is 4.90 Å². The Bertz CT molecular complexity index is 1040. The lowest BCUT2D eigenvalue weighted by Gasteiger charge is -2.18. The molecule has 3 aromatic rings. The van der Waals surface area contributed by atoms with Crippen molar-refractivity contribution in [1.29, 1.82) is 0 Å².